The molecule has 5 heteroatoms. The largest absolute Gasteiger partial charge is 0.291 e. The van der Waals surface area contributed by atoms with Crippen LogP contribution in [0, 0.1) is 0 Å². The smallest absolute Gasteiger partial charge is 0.216 e. The molecule has 0 spiro atoms. The van der Waals surface area contributed by atoms with E-state index in [-0.39, 0.29) is 5.78 Å². The van der Waals surface area contributed by atoms with Crippen molar-refractivity contribution in [1.82, 2.24) is 14.6 Å². The van der Waals surface area contributed by atoms with Crippen molar-refractivity contribution in [2.24, 2.45) is 0 Å². The Morgan fingerprint density at radius 3 is 3.18 bits per heavy atom. The number of Topliss-reactive ketones (excluding diaryl/α,β-unsaturated/α-hetero) is 1. The molecule has 2 rings (SSSR count). The van der Waals surface area contributed by atoms with E-state index in [1.54, 1.807) is 10.6 Å². The van der Waals surface area contributed by atoms with E-state index in [0.29, 0.717) is 5.82 Å². The molecule has 0 aliphatic heterocycles. The predicted octanol–water partition coefficient (Wildman–Crippen LogP) is 0.993. The molecule has 11 heavy (non-hydrogen) atoms. The SMILES string of the molecule is CC(=O)c1nnc2sccn12. The molecule has 2 aromatic rings. The second-order valence-electron chi connectivity index (χ2n) is 2.14. The molecule has 0 saturated heterocycles. The molecule has 2 aromatic heterocycles. The third kappa shape index (κ3) is 0.848. The van der Waals surface area contributed by atoms with Crippen molar-refractivity contribution in [3.05, 3.63) is 17.4 Å². The number of rotatable bonds is 1. The fourth-order valence-corrected chi connectivity index (χ4v) is 1.54. The summed E-state index contributed by atoms with van der Waals surface area (Å²) in [5.41, 5.74) is 0. The van der Waals surface area contributed by atoms with Crippen LogP contribution in [0.5, 0.6) is 0 Å². The van der Waals surface area contributed by atoms with Gasteiger partial charge in [0.15, 0.2) is 5.78 Å². The van der Waals surface area contributed by atoms with E-state index in [1.165, 1.54) is 18.3 Å². The summed E-state index contributed by atoms with van der Waals surface area (Å²) in [7, 11) is 0. The highest BCUT2D eigenvalue weighted by atomic mass is 32.1. The molecule has 56 valence electrons. The highest BCUT2D eigenvalue weighted by Gasteiger charge is 2.08. The van der Waals surface area contributed by atoms with Crippen molar-refractivity contribution in [2.45, 2.75) is 6.92 Å². The van der Waals surface area contributed by atoms with Gasteiger partial charge < -0.3 is 0 Å². The third-order valence-electron chi connectivity index (χ3n) is 1.36. The maximum Gasteiger partial charge on any atom is 0.216 e. The Hall–Kier alpha value is -1.23. The molecule has 2 heterocycles. The summed E-state index contributed by atoms with van der Waals surface area (Å²) < 4.78 is 1.69. The van der Waals surface area contributed by atoms with E-state index in [2.05, 4.69) is 10.2 Å². The number of aromatic nitrogens is 3. The summed E-state index contributed by atoms with van der Waals surface area (Å²) >= 11 is 1.46. The Labute approximate surface area is 66.5 Å². The lowest BCUT2D eigenvalue weighted by Gasteiger charge is -1.85. The lowest BCUT2D eigenvalue weighted by atomic mass is 10.4. The average Bonchev–Trinajstić information content (AvgIpc) is 2.41. The van der Waals surface area contributed by atoms with E-state index in [4.69, 9.17) is 0 Å². The Morgan fingerprint density at radius 1 is 1.64 bits per heavy atom. The van der Waals surface area contributed by atoms with Gasteiger partial charge in [0.25, 0.3) is 0 Å². The molecule has 0 saturated carbocycles. The molecule has 0 aromatic carbocycles. The molecule has 0 amide bonds. The molecule has 0 bridgehead atoms. The molecule has 0 radical (unpaired) electrons. The minimum atomic E-state index is -0.0594. The van der Waals surface area contributed by atoms with Crippen LogP contribution in [0.4, 0.5) is 0 Å². The maximum atomic E-state index is 10.9. The fraction of sp³-hybridized carbons (Fsp3) is 0.167. The first-order valence-corrected chi connectivity index (χ1v) is 3.96. The van der Waals surface area contributed by atoms with Gasteiger partial charge in [-0.2, -0.15) is 0 Å². The summed E-state index contributed by atoms with van der Waals surface area (Å²) in [4.78, 5) is 11.7. The molecule has 0 unspecified atom stereocenters. The molecule has 0 atom stereocenters. The zero-order valence-electron chi connectivity index (χ0n) is 5.81. The number of hydrogen-bond acceptors (Lipinski definition) is 4. The van der Waals surface area contributed by atoms with Gasteiger partial charge in [-0.25, -0.2) is 0 Å². The Bertz CT molecular complexity index is 403. The minimum Gasteiger partial charge on any atom is -0.291 e. The summed E-state index contributed by atoms with van der Waals surface area (Å²) in [5.74, 6) is 0.345. The van der Waals surface area contributed by atoms with Crippen LogP contribution < -0.4 is 0 Å². The monoisotopic (exact) mass is 167 g/mol. The molecule has 0 N–H and O–H groups in total. The normalized spacial score (nSPS) is 10.6. The second kappa shape index (κ2) is 2.13. The van der Waals surface area contributed by atoms with Crippen LogP contribution in [-0.2, 0) is 0 Å². The van der Waals surface area contributed by atoms with Gasteiger partial charge in [-0.15, -0.1) is 21.5 Å². The first-order valence-electron chi connectivity index (χ1n) is 3.08. The van der Waals surface area contributed by atoms with E-state index >= 15 is 0 Å². The number of ketones is 1. The fourth-order valence-electron chi connectivity index (χ4n) is 0.884. The van der Waals surface area contributed by atoms with E-state index in [1.807, 2.05) is 5.38 Å². The lowest BCUT2D eigenvalue weighted by Crippen LogP contribution is -1.98. The average molecular weight is 167 g/mol. The van der Waals surface area contributed by atoms with Crippen LogP contribution >= 0.6 is 11.3 Å². The van der Waals surface area contributed by atoms with Gasteiger partial charge in [-0.3, -0.25) is 9.20 Å². The van der Waals surface area contributed by atoms with Gasteiger partial charge in [0.05, 0.1) is 0 Å². The van der Waals surface area contributed by atoms with Gasteiger partial charge in [0.2, 0.25) is 10.8 Å². The standard InChI is InChI=1S/C6H5N3OS/c1-4(10)5-7-8-6-9(5)2-3-11-6/h2-3H,1H3. The minimum absolute atomic E-state index is 0.0594. The van der Waals surface area contributed by atoms with Crippen LogP contribution in [0.2, 0.25) is 0 Å². The molecular formula is C6H5N3OS. The molecular weight excluding hydrogens is 162 g/mol. The zero-order valence-corrected chi connectivity index (χ0v) is 6.63. The highest BCUT2D eigenvalue weighted by Crippen LogP contribution is 2.09. The second-order valence-corrected chi connectivity index (χ2v) is 3.01. The van der Waals surface area contributed by atoms with E-state index < -0.39 is 0 Å². The maximum absolute atomic E-state index is 10.9. The number of hydrogen-bond donors (Lipinski definition) is 0. The van der Waals surface area contributed by atoms with Crippen LogP contribution in [0.15, 0.2) is 11.6 Å². The molecule has 0 fully saturated rings. The van der Waals surface area contributed by atoms with Crippen molar-refractivity contribution in [1.29, 1.82) is 0 Å². The number of thiazole rings is 1. The first-order chi connectivity index (χ1) is 5.29. The van der Waals surface area contributed by atoms with Crippen LogP contribution in [0.25, 0.3) is 4.96 Å². The Kier molecular flexibility index (Phi) is 1.25. The topological polar surface area (TPSA) is 47.3 Å². The predicted molar refractivity (Wildman–Crippen MR) is 40.9 cm³/mol. The molecule has 4 nitrogen and oxygen atoms in total. The van der Waals surface area contributed by atoms with Crippen LogP contribution in [-0.4, -0.2) is 20.4 Å². The molecule has 0 aliphatic carbocycles. The highest BCUT2D eigenvalue weighted by molar-refractivity contribution is 7.15. The van der Waals surface area contributed by atoms with E-state index in [9.17, 15) is 4.79 Å². The summed E-state index contributed by atoms with van der Waals surface area (Å²) in [6, 6.07) is 0. The number of fused-ring (bicyclic) bond motifs is 1. The lowest BCUT2D eigenvalue weighted by molar-refractivity contribution is 0.100. The van der Waals surface area contributed by atoms with Gasteiger partial charge in [-0.05, 0) is 0 Å². The Morgan fingerprint density at radius 2 is 2.45 bits per heavy atom. The zero-order chi connectivity index (χ0) is 7.84. The molecule has 0 aliphatic rings. The summed E-state index contributed by atoms with van der Waals surface area (Å²) in [6.45, 7) is 1.48. The summed E-state index contributed by atoms with van der Waals surface area (Å²) in [6.07, 6.45) is 1.79. The van der Waals surface area contributed by atoms with E-state index in [0.717, 1.165) is 4.96 Å². The van der Waals surface area contributed by atoms with Crippen molar-refractivity contribution in [3.8, 4) is 0 Å². The van der Waals surface area contributed by atoms with Crippen molar-refractivity contribution < 1.29 is 4.79 Å². The van der Waals surface area contributed by atoms with Crippen LogP contribution in [0.1, 0.15) is 17.5 Å². The number of carbonyl (C=O) groups is 1. The van der Waals surface area contributed by atoms with Gasteiger partial charge in [0.1, 0.15) is 0 Å². The first kappa shape index (κ1) is 6.48. The van der Waals surface area contributed by atoms with Gasteiger partial charge in [-0.1, -0.05) is 0 Å². The summed E-state index contributed by atoms with van der Waals surface area (Å²) in [5, 5.41) is 9.41. The van der Waals surface area contributed by atoms with Crippen molar-refractivity contribution in [2.75, 3.05) is 0 Å². The Balaban J connectivity index is 2.78. The number of nitrogens with zero attached hydrogens (tertiary/aromatic N) is 3. The van der Waals surface area contributed by atoms with Gasteiger partial charge in [0, 0.05) is 18.5 Å². The quantitative estimate of drug-likeness (QED) is 0.595. The van der Waals surface area contributed by atoms with Crippen molar-refractivity contribution >= 4 is 22.1 Å². The third-order valence-corrected chi connectivity index (χ3v) is 2.11. The van der Waals surface area contributed by atoms with Gasteiger partial charge >= 0.3 is 0 Å². The van der Waals surface area contributed by atoms with Crippen LogP contribution in [0.3, 0.4) is 0 Å². The van der Waals surface area contributed by atoms with Crippen molar-refractivity contribution in [3.63, 3.8) is 0 Å². The number of carbonyl (C=O) groups excluding carboxylic acids is 1.